The van der Waals surface area contributed by atoms with E-state index in [9.17, 15) is 26.4 Å². The number of likely N-dealkylation sites (tertiary alicyclic amines) is 1. The molecule has 2 fully saturated rings. The normalized spacial score (nSPS) is 19.0. The van der Waals surface area contributed by atoms with E-state index in [0.717, 1.165) is 32.5 Å². The van der Waals surface area contributed by atoms with Gasteiger partial charge in [0.05, 0.1) is 4.90 Å². The van der Waals surface area contributed by atoms with Crippen LogP contribution in [0.1, 0.15) is 51.0 Å². The minimum Gasteiger partial charge on any atom is -0.342 e. The van der Waals surface area contributed by atoms with Crippen molar-refractivity contribution in [2.75, 3.05) is 32.7 Å². The number of hydrogen-bond acceptors (Lipinski definition) is 8. The van der Waals surface area contributed by atoms with Crippen LogP contribution >= 0.6 is 11.3 Å². The fraction of sp³-hybridized carbons (Fsp3) is 0.455. The van der Waals surface area contributed by atoms with Crippen LogP contribution in [-0.2, 0) is 35.9 Å². The van der Waals surface area contributed by atoms with E-state index in [4.69, 9.17) is 0 Å². The van der Waals surface area contributed by atoms with E-state index in [2.05, 4.69) is 27.1 Å². The van der Waals surface area contributed by atoms with E-state index >= 15 is 0 Å². The lowest BCUT2D eigenvalue weighted by molar-refractivity contribution is -0.161. The summed E-state index contributed by atoms with van der Waals surface area (Å²) in [5, 5.41) is 3.01. The first kappa shape index (κ1) is 34.2. The highest BCUT2D eigenvalue weighted by atomic mass is 32.3. The third-order valence-electron chi connectivity index (χ3n) is 8.85. The highest BCUT2D eigenvalue weighted by Crippen LogP contribution is 2.34. The molecule has 1 aromatic heterocycles. The van der Waals surface area contributed by atoms with Gasteiger partial charge < -0.3 is 15.1 Å². The lowest BCUT2D eigenvalue weighted by Gasteiger charge is -2.51. The molecule has 13 heteroatoms. The predicted octanol–water partition coefficient (Wildman–Crippen LogP) is 3.84. The number of rotatable bonds is 14. The zero-order valence-electron chi connectivity index (χ0n) is 26.1. The summed E-state index contributed by atoms with van der Waals surface area (Å²) in [5.41, 5.74) is 0.460. The first-order valence-electron chi connectivity index (χ1n) is 15.9. The molecule has 0 saturated carbocycles. The molecule has 0 aliphatic carbocycles. The summed E-state index contributed by atoms with van der Waals surface area (Å²) in [6.45, 7) is 5.07. The first-order chi connectivity index (χ1) is 22.1. The molecule has 1 spiro atoms. The van der Waals surface area contributed by atoms with E-state index < -0.39 is 31.4 Å². The first-order valence-corrected chi connectivity index (χ1v) is 19.6. The number of unbranched alkanes of at least 4 members (excludes halogenated alkanes) is 1. The quantitative estimate of drug-likeness (QED) is 0.246. The molecule has 2 saturated heterocycles. The summed E-state index contributed by atoms with van der Waals surface area (Å²) in [6, 6.07) is 20.2. The highest BCUT2D eigenvalue weighted by Gasteiger charge is 2.53. The Hall–Kier alpha value is -3.10. The number of benzene rings is 2. The summed E-state index contributed by atoms with van der Waals surface area (Å²) >= 11 is 0.707. The van der Waals surface area contributed by atoms with Gasteiger partial charge >= 0.3 is 0 Å². The van der Waals surface area contributed by atoms with Crippen LogP contribution in [0.15, 0.2) is 86.1 Å². The van der Waals surface area contributed by atoms with E-state index in [-0.39, 0.29) is 31.7 Å². The minimum atomic E-state index is -3.91. The average molecular weight is 687 g/mol. The molecule has 0 radical (unpaired) electrons. The number of piperazine rings is 1. The number of sulfonamides is 1. The molecule has 2 aromatic carbocycles. The molecule has 0 unspecified atom stereocenters. The zero-order chi connectivity index (χ0) is 32.8. The van der Waals surface area contributed by atoms with Gasteiger partial charge in [-0.25, -0.2) is 21.6 Å². The molecule has 3 aromatic rings. The van der Waals surface area contributed by atoms with Crippen molar-refractivity contribution in [3.63, 3.8) is 0 Å². The molecule has 46 heavy (non-hydrogen) atoms. The standard InChI is InChI=1S/C33H42N4O6S3/c1-2-22-37-31(38)28(35-32(39)33(37)19-24-36(25-20-33)23-18-26-11-5-3-6-12-26)15-9-10-21-34-46(42,43)30-17-16-29(44-30)45(40,41)27-13-7-4-8-14-27/h3-8,11-14,16-17,28,34H,2,9-10,15,18-25H2,1H3,(H,35,39)/t28-/m0/s1. The number of carbonyl (C=O) groups is 2. The number of sulfone groups is 1. The molecule has 10 nitrogen and oxygen atoms in total. The summed E-state index contributed by atoms with van der Waals surface area (Å²) in [4.78, 5) is 31.5. The maximum absolute atomic E-state index is 13.7. The molecular formula is C33H42N4O6S3. The maximum atomic E-state index is 13.7. The number of hydrogen-bond donors (Lipinski definition) is 2. The SMILES string of the molecule is CCCN1C(=O)[C@H](CCCCNS(=O)(=O)c2ccc(S(=O)(=O)c3ccccc3)s2)NC(=O)C12CCN(CCc1ccccc1)CC2. The Labute approximate surface area is 276 Å². The van der Waals surface area contributed by atoms with Gasteiger partial charge in [-0.15, -0.1) is 11.3 Å². The van der Waals surface area contributed by atoms with E-state index in [1.165, 1.54) is 29.8 Å². The van der Waals surface area contributed by atoms with Crippen molar-refractivity contribution in [1.82, 2.24) is 19.8 Å². The van der Waals surface area contributed by atoms with Crippen molar-refractivity contribution in [3.05, 3.63) is 78.4 Å². The van der Waals surface area contributed by atoms with Crippen LogP contribution in [-0.4, -0.2) is 82.8 Å². The third-order valence-corrected chi connectivity index (χ3v) is 14.1. The second kappa shape index (κ2) is 14.8. The van der Waals surface area contributed by atoms with Crippen molar-refractivity contribution in [3.8, 4) is 0 Å². The molecule has 1 atom stereocenters. The summed E-state index contributed by atoms with van der Waals surface area (Å²) in [7, 11) is -7.72. The summed E-state index contributed by atoms with van der Waals surface area (Å²) < 4.78 is 53.9. The van der Waals surface area contributed by atoms with Crippen LogP contribution in [0.2, 0.25) is 0 Å². The minimum absolute atomic E-state index is 0.0436. The largest absolute Gasteiger partial charge is 0.342 e. The average Bonchev–Trinajstić information content (AvgIpc) is 3.59. The number of nitrogens with zero attached hydrogens (tertiary/aromatic N) is 2. The van der Waals surface area contributed by atoms with Crippen molar-refractivity contribution in [2.45, 2.75) is 76.8 Å². The van der Waals surface area contributed by atoms with E-state index in [0.29, 0.717) is 50.0 Å². The molecule has 2 aliphatic heterocycles. The van der Waals surface area contributed by atoms with Crippen molar-refractivity contribution in [2.24, 2.45) is 0 Å². The zero-order valence-corrected chi connectivity index (χ0v) is 28.5. The van der Waals surface area contributed by atoms with Gasteiger partial charge in [0, 0.05) is 32.7 Å². The Morgan fingerprint density at radius 2 is 1.52 bits per heavy atom. The number of carbonyl (C=O) groups excluding carboxylic acids is 2. The Morgan fingerprint density at radius 1 is 0.870 bits per heavy atom. The van der Waals surface area contributed by atoms with E-state index in [1.807, 2.05) is 30.0 Å². The fourth-order valence-corrected chi connectivity index (χ4v) is 10.6. The fourth-order valence-electron chi connectivity index (χ4n) is 6.25. The molecular weight excluding hydrogens is 645 g/mol. The van der Waals surface area contributed by atoms with Gasteiger partial charge in [-0.1, -0.05) is 55.5 Å². The van der Waals surface area contributed by atoms with Crippen molar-refractivity contribution >= 4 is 43.0 Å². The smallest absolute Gasteiger partial charge is 0.250 e. The lowest BCUT2D eigenvalue weighted by atomic mass is 9.81. The van der Waals surface area contributed by atoms with Crippen LogP contribution in [0, 0.1) is 0 Å². The highest BCUT2D eigenvalue weighted by molar-refractivity contribution is 7.95. The molecule has 3 heterocycles. The molecule has 248 valence electrons. The van der Waals surface area contributed by atoms with Gasteiger partial charge in [-0.05, 0) is 74.8 Å². The topological polar surface area (TPSA) is 133 Å². The number of thiophene rings is 1. The van der Waals surface area contributed by atoms with Crippen molar-refractivity contribution in [1.29, 1.82) is 0 Å². The van der Waals surface area contributed by atoms with Gasteiger partial charge in [0.2, 0.25) is 31.7 Å². The van der Waals surface area contributed by atoms with Crippen LogP contribution in [0.4, 0.5) is 0 Å². The van der Waals surface area contributed by atoms with Gasteiger partial charge in [0.15, 0.2) is 0 Å². The Morgan fingerprint density at radius 3 is 2.20 bits per heavy atom. The van der Waals surface area contributed by atoms with Crippen LogP contribution in [0.25, 0.3) is 0 Å². The molecule has 0 bridgehead atoms. The van der Waals surface area contributed by atoms with Gasteiger partial charge in [-0.2, -0.15) is 0 Å². The third kappa shape index (κ3) is 7.54. The monoisotopic (exact) mass is 686 g/mol. The van der Waals surface area contributed by atoms with Crippen LogP contribution in [0.3, 0.4) is 0 Å². The Kier molecular flexibility index (Phi) is 11.0. The lowest BCUT2D eigenvalue weighted by Crippen LogP contribution is -2.72. The summed E-state index contributed by atoms with van der Waals surface area (Å²) in [5.74, 6) is -0.154. The van der Waals surface area contributed by atoms with E-state index in [1.54, 1.807) is 18.2 Å². The molecule has 2 N–H and O–H groups in total. The molecule has 5 rings (SSSR count). The van der Waals surface area contributed by atoms with Crippen LogP contribution in [0.5, 0.6) is 0 Å². The predicted molar refractivity (Wildman–Crippen MR) is 178 cm³/mol. The Bertz CT molecular complexity index is 1700. The molecule has 2 amide bonds. The summed E-state index contributed by atoms with van der Waals surface area (Å²) in [6.07, 6.45) is 4.29. The van der Waals surface area contributed by atoms with Gasteiger partial charge in [-0.3, -0.25) is 9.59 Å². The maximum Gasteiger partial charge on any atom is 0.250 e. The number of amides is 2. The Balaban J connectivity index is 1.11. The number of piperidine rings is 1. The van der Waals surface area contributed by atoms with Gasteiger partial charge in [0.1, 0.15) is 20.0 Å². The second-order valence-corrected chi connectivity index (χ2v) is 17.2. The van der Waals surface area contributed by atoms with Crippen molar-refractivity contribution < 1.29 is 26.4 Å². The number of nitrogens with one attached hydrogen (secondary N) is 2. The second-order valence-electron chi connectivity index (χ2n) is 11.9. The molecule has 2 aliphatic rings. The van der Waals surface area contributed by atoms with Gasteiger partial charge in [0.25, 0.3) is 0 Å². The van der Waals surface area contributed by atoms with Crippen LogP contribution < -0.4 is 10.0 Å².